The van der Waals surface area contributed by atoms with Gasteiger partial charge in [0.2, 0.25) is 0 Å². The molecule has 0 amide bonds. The zero-order chi connectivity index (χ0) is 12.3. The number of benzene rings is 1. The van der Waals surface area contributed by atoms with Gasteiger partial charge in [-0.2, -0.15) is 5.10 Å². The molecule has 0 aliphatic carbocycles. The normalized spacial score (nSPS) is 12.6. The van der Waals surface area contributed by atoms with Crippen LogP contribution in [0.4, 0.5) is 0 Å². The Kier molecular flexibility index (Phi) is 3.91. The summed E-state index contributed by atoms with van der Waals surface area (Å²) in [6.45, 7) is 2.86. The van der Waals surface area contributed by atoms with Gasteiger partial charge in [-0.25, -0.2) is 4.98 Å². The van der Waals surface area contributed by atoms with Crippen LogP contribution in [-0.4, -0.2) is 14.8 Å². The predicted molar refractivity (Wildman–Crippen MR) is 70.5 cm³/mol. The smallest absolute Gasteiger partial charge is 0.138 e. The van der Waals surface area contributed by atoms with Crippen LogP contribution in [0.15, 0.2) is 35.1 Å². The molecule has 4 nitrogen and oxygen atoms in total. The Morgan fingerprint density at radius 1 is 1.47 bits per heavy atom. The zero-order valence-corrected chi connectivity index (χ0v) is 11.3. The van der Waals surface area contributed by atoms with E-state index in [-0.39, 0.29) is 6.04 Å². The van der Waals surface area contributed by atoms with E-state index in [9.17, 15) is 0 Å². The first kappa shape index (κ1) is 12.3. The fourth-order valence-electron chi connectivity index (χ4n) is 1.76. The lowest BCUT2D eigenvalue weighted by Gasteiger charge is -2.12. The van der Waals surface area contributed by atoms with E-state index in [0.29, 0.717) is 6.42 Å². The zero-order valence-electron chi connectivity index (χ0n) is 9.68. The largest absolute Gasteiger partial charge is 0.324 e. The molecule has 1 atom stereocenters. The Labute approximate surface area is 109 Å². The molecule has 0 bridgehead atoms. The SMILES string of the molecule is CCn1ncnc1CC(N)c1cccc(Br)c1. The molecule has 90 valence electrons. The number of aromatic nitrogens is 3. The van der Waals surface area contributed by atoms with Gasteiger partial charge in [-0.3, -0.25) is 4.68 Å². The molecule has 1 heterocycles. The van der Waals surface area contributed by atoms with Crippen LogP contribution in [0.2, 0.25) is 0 Å². The van der Waals surface area contributed by atoms with Gasteiger partial charge in [0, 0.05) is 23.5 Å². The molecule has 0 aliphatic rings. The highest BCUT2D eigenvalue weighted by molar-refractivity contribution is 9.10. The van der Waals surface area contributed by atoms with Crippen LogP contribution in [0.25, 0.3) is 0 Å². The quantitative estimate of drug-likeness (QED) is 0.941. The standard InChI is InChI=1S/C12H15BrN4/c1-2-17-12(15-8-16-17)7-11(14)9-4-3-5-10(13)6-9/h3-6,8,11H,2,7,14H2,1H3. The third-order valence-corrected chi connectivity index (χ3v) is 3.17. The topological polar surface area (TPSA) is 56.7 Å². The number of rotatable bonds is 4. The van der Waals surface area contributed by atoms with Gasteiger partial charge < -0.3 is 5.73 Å². The van der Waals surface area contributed by atoms with Crippen molar-refractivity contribution >= 4 is 15.9 Å². The lowest BCUT2D eigenvalue weighted by atomic mass is 10.0. The highest BCUT2D eigenvalue weighted by atomic mass is 79.9. The van der Waals surface area contributed by atoms with Crippen LogP contribution < -0.4 is 5.73 Å². The summed E-state index contributed by atoms with van der Waals surface area (Å²) in [7, 11) is 0. The van der Waals surface area contributed by atoms with Gasteiger partial charge in [0.15, 0.2) is 0 Å². The van der Waals surface area contributed by atoms with E-state index in [0.717, 1.165) is 22.4 Å². The van der Waals surface area contributed by atoms with Crippen molar-refractivity contribution in [2.24, 2.45) is 5.73 Å². The number of hydrogen-bond donors (Lipinski definition) is 1. The highest BCUT2D eigenvalue weighted by Crippen LogP contribution is 2.19. The Morgan fingerprint density at radius 3 is 3.00 bits per heavy atom. The number of halogens is 1. The molecule has 5 heteroatoms. The maximum absolute atomic E-state index is 6.18. The van der Waals surface area contributed by atoms with E-state index in [2.05, 4.69) is 26.0 Å². The van der Waals surface area contributed by atoms with Gasteiger partial charge in [0.05, 0.1) is 0 Å². The monoisotopic (exact) mass is 294 g/mol. The lowest BCUT2D eigenvalue weighted by molar-refractivity contribution is 0.581. The van der Waals surface area contributed by atoms with Gasteiger partial charge in [-0.15, -0.1) is 0 Å². The minimum absolute atomic E-state index is 0.0537. The first-order valence-corrected chi connectivity index (χ1v) is 6.37. The van der Waals surface area contributed by atoms with Crippen LogP contribution in [0.5, 0.6) is 0 Å². The number of nitrogens with two attached hydrogens (primary N) is 1. The van der Waals surface area contributed by atoms with Gasteiger partial charge in [0.25, 0.3) is 0 Å². The van der Waals surface area contributed by atoms with E-state index >= 15 is 0 Å². The van der Waals surface area contributed by atoms with Gasteiger partial charge in [0.1, 0.15) is 12.2 Å². The summed E-state index contributed by atoms with van der Waals surface area (Å²) in [5.74, 6) is 0.931. The summed E-state index contributed by atoms with van der Waals surface area (Å²) < 4.78 is 2.92. The molecule has 2 rings (SSSR count). The molecular weight excluding hydrogens is 280 g/mol. The van der Waals surface area contributed by atoms with E-state index in [1.54, 1.807) is 6.33 Å². The molecule has 2 aromatic rings. The van der Waals surface area contributed by atoms with Gasteiger partial charge in [-0.05, 0) is 24.6 Å². The average molecular weight is 295 g/mol. The van der Waals surface area contributed by atoms with Crippen molar-refractivity contribution in [3.05, 3.63) is 46.5 Å². The third kappa shape index (κ3) is 2.92. The fraction of sp³-hybridized carbons (Fsp3) is 0.333. The molecular formula is C12H15BrN4. The molecule has 0 saturated heterocycles. The molecule has 2 N–H and O–H groups in total. The molecule has 0 saturated carbocycles. The lowest BCUT2D eigenvalue weighted by Crippen LogP contribution is -2.16. The minimum Gasteiger partial charge on any atom is -0.324 e. The van der Waals surface area contributed by atoms with Gasteiger partial charge >= 0.3 is 0 Å². The Balaban J connectivity index is 2.14. The first-order valence-electron chi connectivity index (χ1n) is 5.58. The summed E-state index contributed by atoms with van der Waals surface area (Å²) in [4.78, 5) is 4.24. The van der Waals surface area contributed by atoms with Gasteiger partial charge in [-0.1, -0.05) is 28.1 Å². The summed E-state index contributed by atoms with van der Waals surface area (Å²) in [5, 5.41) is 4.14. The Hall–Kier alpha value is -1.20. The second kappa shape index (κ2) is 5.42. The van der Waals surface area contributed by atoms with Crippen LogP contribution >= 0.6 is 15.9 Å². The number of aryl methyl sites for hydroxylation is 1. The summed E-state index contributed by atoms with van der Waals surface area (Å²) in [6.07, 6.45) is 2.27. The third-order valence-electron chi connectivity index (χ3n) is 2.67. The minimum atomic E-state index is -0.0537. The molecule has 0 fully saturated rings. The number of nitrogens with zero attached hydrogens (tertiary/aromatic N) is 3. The first-order chi connectivity index (χ1) is 8.20. The van der Waals surface area contributed by atoms with Crippen LogP contribution in [0.3, 0.4) is 0 Å². The predicted octanol–water partition coefficient (Wildman–Crippen LogP) is 2.30. The second-order valence-electron chi connectivity index (χ2n) is 3.86. The fourth-order valence-corrected chi connectivity index (χ4v) is 2.18. The maximum Gasteiger partial charge on any atom is 0.138 e. The van der Waals surface area contributed by atoms with Crippen LogP contribution in [-0.2, 0) is 13.0 Å². The van der Waals surface area contributed by atoms with Crippen molar-refractivity contribution in [1.29, 1.82) is 0 Å². The molecule has 17 heavy (non-hydrogen) atoms. The van der Waals surface area contributed by atoms with Crippen molar-refractivity contribution in [3.63, 3.8) is 0 Å². The maximum atomic E-state index is 6.18. The van der Waals surface area contributed by atoms with Crippen molar-refractivity contribution in [2.75, 3.05) is 0 Å². The van der Waals surface area contributed by atoms with E-state index in [4.69, 9.17) is 5.73 Å². The van der Waals surface area contributed by atoms with E-state index in [1.165, 1.54) is 0 Å². The molecule has 1 unspecified atom stereocenters. The van der Waals surface area contributed by atoms with E-state index < -0.39 is 0 Å². The van der Waals surface area contributed by atoms with Crippen molar-refractivity contribution < 1.29 is 0 Å². The molecule has 0 spiro atoms. The number of hydrogen-bond acceptors (Lipinski definition) is 3. The summed E-state index contributed by atoms with van der Waals surface area (Å²) in [5.41, 5.74) is 7.28. The van der Waals surface area contributed by atoms with Crippen molar-refractivity contribution in [2.45, 2.75) is 25.9 Å². The van der Waals surface area contributed by atoms with Crippen molar-refractivity contribution in [1.82, 2.24) is 14.8 Å². The molecule has 0 radical (unpaired) electrons. The second-order valence-corrected chi connectivity index (χ2v) is 4.77. The molecule has 1 aromatic carbocycles. The van der Waals surface area contributed by atoms with Crippen LogP contribution in [0.1, 0.15) is 24.4 Å². The highest BCUT2D eigenvalue weighted by Gasteiger charge is 2.11. The molecule has 0 aliphatic heterocycles. The van der Waals surface area contributed by atoms with E-state index in [1.807, 2.05) is 35.9 Å². The summed E-state index contributed by atoms with van der Waals surface area (Å²) in [6, 6.07) is 8.00. The average Bonchev–Trinajstić information content (AvgIpc) is 2.76. The Bertz CT molecular complexity index is 495. The Morgan fingerprint density at radius 2 is 2.29 bits per heavy atom. The van der Waals surface area contributed by atoms with Crippen LogP contribution in [0, 0.1) is 0 Å². The van der Waals surface area contributed by atoms with Crippen molar-refractivity contribution in [3.8, 4) is 0 Å². The molecule has 1 aromatic heterocycles. The summed E-state index contributed by atoms with van der Waals surface area (Å²) >= 11 is 3.45.